The Labute approximate surface area is 178 Å². The highest BCUT2D eigenvalue weighted by Crippen LogP contribution is 2.37. The maximum absolute atomic E-state index is 14.3. The van der Waals surface area contributed by atoms with Crippen LogP contribution in [0.4, 0.5) is 17.6 Å². The highest BCUT2D eigenvalue weighted by atomic mass is 35.5. The van der Waals surface area contributed by atoms with Crippen molar-refractivity contribution < 1.29 is 27.1 Å². The van der Waals surface area contributed by atoms with Gasteiger partial charge in [0.05, 0.1) is 16.1 Å². The molecule has 11 heteroatoms. The third kappa shape index (κ3) is 5.48. The second kappa shape index (κ2) is 8.99. The molecule has 1 fully saturated rings. The number of hydrogen-bond acceptors (Lipinski definition) is 4. The molecule has 1 saturated heterocycles. The summed E-state index contributed by atoms with van der Waals surface area (Å²) < 4.78 is 62.8. The lowest BCUT2D eigenvalue weighted by Gasteiger charge is -2.28. The molecule has 156 valence electrons. The van der Waals surface area contributed by atoms with Crippen molar-refractivity contribution in [3.05, 3.63) is 62.9 Å². The summed E-state index contributed by atoms with van der Waals surface area (Å²) in [4.78, 5) is 12.1. The zero-order valence-corrected chi connectivity index (χ0v) is 17.0. The van der Waals surface area contributed by atoms with Crippen LogP contribution < -0.4 is 9.46 Å². The van der Waals surface area contributed by atoms with Crippen LogP contribution in [-0.2, 0) is 12.8 Å². The van der Waals surface area contributed by atoms with Crippen molar-refractivity contribution in [3.63, 3.8) is 0 Å². The van der Waals surface area contributed by atoms with E-state index in [4.69, 9.17) is 27.9 Å². The van der Waals surface area contributed by atoms with Crippen LogP contribution in [0.5, 0.6) is 5.75 Å². The van der Waals surface area contributed by atoms with E-state index in [0.29, 0.717) is 0 Å². The third-order valence-corrected chi connectivity index (χ3v) is 5.68. The highest BCUT2D eigenvalue weighted by molar-refractivity contribution is 7.95. The number of carbonyl (C=O) groups is 1. The van der Waals surface area contributed by atoms with Crippen LogP contribution in [0.15, 0.2) is 30.3 Å². The summed E-state index contributed by atoms with van der Waals surface area (Å²) in [5.74, 6) is -1.56. The number of halogens is 6. The lowest BCUT2D eigenvalue weighted by Crippen LogP contribution is -2.35. The lowest BCUT2D eigenvalue weighted by atomic mass is 10.1. The van der Waals surface area contributed by atoms with Gasteiger partial charge in [0.2, 0.25) is 0 Å². The van der Waals surface area contributed by atoms with Crippen LogP contribution in [0.2, 0.25) is 10.0 Å². The third-order valence-electron chi connectivity index (χ3n) is 4.10. The number of benzene rings is 2. The Morgan fingerprint density at radius 1 is 1.17 bits per heavy atom. The van der Waals surface area contributed by atoms with Crippen LogP contribution in [0.3, 0.4) is 0 Å². The van der Waals surface area contributed by atoms with Gasteiger partial charge < -0.3 is 4.74 Å². The SMILES string of the molecule is O=C(NSN1CCC1)c1cc(Cl)c(COc2ccc(Cl)c(C(F)(F)F)c2)cc1F. The lowest BCUT2D eigenvalue weighted by molar-refractivity contribution is -0.137. The molecule has 0 radical (unpaired) electrons. The molecular formula is C18H14Cl2F4N2O2S. The van der Waals surface area contributed by atoms with Gasteiger partial charge in [-0.05, 0) is 36.8 Å². The smallest absolute Gasteiger partial charge is 0.417 e. The Kier molecular flexibility index (Phi) is 6.83. The van der Waals surface area contributed by atoms with Gasteiger partial charge in [-0.1, -0.05) is 23.2 Å². The molecule has 2 aromatic rings. The van der Waals surface area contributed by atoms with Crippen molar-refractivity contribution in [1.29, 1.82) is 0 Å². The van der Waals surface area contributed by atoms with Crippen LogP contribution in [0.1, 0.15) is 27.9 Å². The molecule has 0 aromatic heterocycles. The minimum Gasteiger partial charge on any atom is -0.489 e. The van der Waals surface area contributed by atoms with Gasteiger partial charge in [-0.15, -0.1) is 0 Å². The predicted octanol–water partition coefficient (Wildman–Crippen LogP) is 5.73. The van der Waals surface area contributed by atoms with Crippen molar-refractivity contribution in [2.24, 2.45) is 0 Å². The predicted molar refractivity (Wildman–Crippen MR) is 103 cm³/mol. The maximum Gasteiger partial charge on any atom is 0.417 e. The van der Waals surface area contributed by atoms with Gasteiger partial charge in [-0.2, -0.15) is 13.2 Å². The quantitative estimate of drug-likeness (QED) is 0.434. The van der Waals surface area contributed by atoms with Crippen LogP contribution in [0, 0.1) is 5.82 Å². The second-order valence-electron chi connectivity index (χ2n) is 6.16. The van der Waals surface area contributed by atoms with E-state index in [-0.39, 0.29) is 28.5 Å². The monoisotopic (exact) mass is 468 g/mol. The van der Waals surface area contributed by atoms with Gasteiger partial charge in [0.1, 0.15) is 18.2 Å². The van der Waals surface area contributed by atoms with E-state index in [1.54, 1.807) is 0 Å². The normalized spacial score (nSPS) is 14.4. The average Bonchev–Trinajstić information content (AvgIpc) is 2.60. The number of carbonyl (C=O) groups excluding carboxylic acids is 1. The molecule has 1 aliphatic heterocycles. The summed E-state index contributed by atoms with van der Waals surface area (Å²) in [5, 5.41) is -0.407. The highest BCUT2D eigenvalue weighted by Gasteiger charge is 2.33. The number of alkyl halides is 3. The molecule has 4 nitrogen and oxygen atoms in total. The first-order valence-electron chi connectivity index (χ1n) is 8.35. The summed E-state index contributed by atoms with van der Waals surface area (Å²) in [6.45, 7) is 1.38. The summed E-state index contributed by atoms with van der Waals surface area (Å²) >= 11 is 12.8. The van der Waals surface area contributed by atoms with Crippen molar-refractivity contribution in [2.45, 2.75) is 19.2 Å². The molecule has 0 unspecified atom stereocenters. The molecule has 1 amide bonds. The fraction of sp³-hybridized carbons (Fsp3) is 0.278. The maximum atomic E-state index is 14.3. The minimum absolute atomic E-state index is 0.0514. The molecule has 1 aliphatic rings. The zero-order chi connectivity index (χ0) is 21.2. The largest absolute Gasteiger partial charge is 0.489 e. The van der Waals surface area contributed by atoms with E-state index >= 15 is 0 Å². The van der Waals surface area contributed by atoms with Gasteiger partial charge in [0.25, 0.3) is 5.91 Å². The number of nitrogens with zero attached hydrogens (tertiary/aromatic N) is 1. The summed E-state index contributed by atoms with van der Waals surface area (Å²) in [5.41, 5.74) is -1.10. The second-order valence-corrected chi connectivity index (χ2v) is 7.87. The van der Waals surface area contributed by atoms with Gasteiger partial charge in [-0.25, -0.2) is 8.70 Å². The van der Waals surface area contributed by atoms with E-state index in [0.717, 1.165) is 55.9 Å². The van der Waals surface area contributed by atoms with Crippen molar-refractivity contribution in [2.75, 3.05) is 13.1 Å². The van der Waals surface area contributed by atoms with E-state index in [9.17, 15) is 22.4 Å². The number of hydrogen-bond donors (Lipinski definition) is 1. The van der Waals surface area contributed by atoms with E-state index in [1.165, 1.54) is 6.07 Å². The molecule has 1 N–H and O–H groups in total. The Morgan fingerprint density at radius 3 is 2.52 bits per heavy atom. The van der Waals surface area contributed by atoms with Crippen molar-refractivity contribution in [3.8, 4) is 5.75 Å². The zero-order valence-electron chi connectivity index (χ0n) is 14.7. The summed E-state index contributed by atoms with van der Waals surface area (Å²) in [6, 6.07) is 5.25. The molecule has 0 bridgehead atoms. The van der Waals surface area contributed by atoms with Crippen LogP contribution in [0.25, 0.3) is 0 Å². The first-order valence-corrected chi connectivity index (χ1v) is 9.88. The molecule has 0 saturated carbocycles. The Hall–Kier alpha value is -1.68. The Balaban J connectivity index is 1.69. The van der Waals surface area contributed by atoms with E-state index in [2.05, 4.69) is 4.72 Å². The van der Waals surface area contributed by atoms with Gasteiger partial charge in [-0.3, -0.25) is 9.52 Å². The number of rotatable bonds is 6. The molecule has 2 aromatic carbocycles. The van der Waals surface area contributed by atoms with Gasteiger partial charge in [0.15, 0.2) is 0 Å². The van der Waals surface area contributed by atoms with Crippen LogP contribution in [-0.4, -0.2) is 23.3 Å². The van der Waals surface area contributed by atoms with Crippen molar-refractivity contribution >= 4 is 41.2 Å². The first kappa shape index (κ1) is 22.0. The number of nitrogens with one attached hydrogen (secondary N) is 1. The molecule has 29 heavy (non-hydrogen) atoms. The standard InChI is InChI=1S/C18H14Cl2F4N2O2S/c19-14-3-2-11(7-13(14)18(22,23)24)28-9-10-6-16(21)12(8-15(10)20)17(27)25-29-26-4-1-5-26/h2-3,6-8H,1,4-5,9H2,(H,25,27). The van der Waals surface area contributed by atoms with E-state index < -0.39 is 28.5 Å². The average molecular weight is 469 g/mol. The summed E-state index contributed by atoms with van der Waals surface area (Å²) in [7, 11) is 0. The van der Waals surface area contributed by atoms with Crippen molar-refractivity contribution in [1.82, 2.24) is 9.03 Å². The van der Waals surface area contributed by atoms with E-state index in [1.807, 2.05) is 4.31 Å². The fourth-order valence-electron chi connectivity index (χ4n) is 2.38. The molecule has 0 atom stereocenters. The number of amides is 1. The topological polar surface area (TPSA) is 41.6 Å². The molecule has 1 heterocycles. The first-order chi connectivity index (χ1) is 13.6. The molecule has 3 rings (SSSR count). The van der Waals surface area contributed by atoms with Gasteiger partial charge >= 0.3 is 6.18 Å². The minimum atomic E-state index is -4.64. The molecule has 0 aliphatic carbocycles. The fourth-order valence-corrected chi connectivity index (χ4v) is 3.59. The Bertz CT molecular complexity index is 923. The number of ether oxygens (including phenoxy) is 1. The van der Waals surface area contributed by atoms with Gasteiger partial charge in [0, 0.05) is 35.8 Å². The molecule has 0 spiro atoms. The summed E-state index contributed by atoms with van der Waals surface area (Å²) in [6.07, 6.45) is -3.60. The molecular weight excluding hydrogens is 455 g/mol. The van der Waals surface area contributed by atoms with Crippen LogP contribution >= 0.6 is 35.3 Å². The Morgan fingerprint density at radius 2 is 1.90 bits per heavy atom.